The van der Waals surface area contributed by atoms with Crippen molar-refractivity contribution in [3.63, 3.8) is 0 Å². The number of benzene rings is 1. The highest BCUT2D eigenvalue weighted by atomic mass is 79.9. The second kappa shape index (κ2) is 3.78. The molecule has 14 heavy (non-hydrogen) atoms. The largest absolute Gasteiger partial charge is 0.417 e. The summed E-state index contributed by atoms with van der Waals surface area (Å²) >= 11 is 2.82. The van der Waals surface area contributed by atoms with Gasteiger partial charge in [-0.3, -0.25) is 0 Å². The maximum Gasteiger partial charge on any atom is 0.417 e. The molecular formula is C8H8BrF3N2. The van der Waals surface area contributed by atoms with E-state index in [4.69, 9.17) is 11.5 Å². The SMILES string of the molecule is NCc1cc(N)cc(Br)c1C(F)(F)F. The minimum atomic E-state index is -4.42. The quantitative estimate of drug-likeness (QED) is 0.769. The van der Waals surface area contributed by atoms with Crippen LogP contribution in [-0.4, -0.2) is 0 Å². The highest BCUT2D eigenvalue weighted by Crippen LogP contribution is 2.38. The van der Waals surface area contributed by atoms with Gasteiger partial charge in [-0.2, -0.15) is 13.2 Å². The topological polar surface area (TPSA) is 52.0 Å². The fourth-order valence-corrected chi connectivity index (χ4v) is 1.91. The van der Waals surface area contributed by atoms with E-state index in [1.807, 2.05) is 0 Å². The second-order valence-corrected chi connectivity index (χ2v) is 3.59. The molecule has 2 nitrogen and oxygen atoms in total. The molecule has 0 saturated heterocycles. The van der Waals surface area contributed by atoms with Crippen molar-refractivity contribution in [3.8, 4) is 0 Å². The molecule has 0 aliphatic heterocycles. The standard InChI is InChI=1S/C8H8BrF3N2/c9-6-2-5(14)1-4(3-13)7(6)8(10,11)12/h1-2H,3,13-14H2. The van der Waals surface area contributed by atoms with Crippen LogP contribution in [0.2, 0.25) is 0 Å². The molecule has 0 unspecified atom stereocenters. The van der Waals surface area contributed by atoms with E-state index in [1.54, 1.807) is 0 Å². The summed E-state index contributed by atoms with van der Waals surface area (Å²) in [5, 5.41) is 0. The predicted molar refractivity (Wildman–Crippen MR) is 51.4 cm³/mol. The lowest BCUT2D eigenvalue weighted by atomic mass is 10.1. The summed E-state index contributed by atoms with van der Waals surface area (Å²) < 4.78 is 37.4. The van der Waals surface area contributed by atoms with Crippen LogP contribution < -0.4 is 11.5 Å². The van der Waals surface area contributed by atoms with Crippen molar-refractivity contribution >= 4 is 21.6 Å². The molecule has 1 rings (SSSR count). The number of rotatable bonds is 1. The third kappa shape index (κ3) is 2.19. The fraction of sp³-hybridized carbons (Fsp3) is 0.250. The number of hydrogen-bond acceptors (Lipinski definition) is 2. The Morgan fingerprint density at radius 2 is 1.86 bits per heavy atom. The van der Waals surface area contributed by atoms with Crippen LogP contribution in [0.5, 0.6) is 0 Å². The molecule has 0 amide bonds. The monoisotopic (exact) mass is 268 g/mol. The smallest absolute Gasteiger partial charge is 0.399 e. The summed E-state index contributed by atoms with van der Waals surface area (Å²) in [5.41, 5.74) is 10.1. The highest BCUT2D eigenvalue weighted by Gasteiger charge is 2.35. The average molecular weight is 269 g/mol. The van der Waals surface area contributed by atoms with Crippen LogP contribution in [0.15, 0.2) is 16.6 Å². The molecule has 0 aromatic heterocycles. The Labute approximate surface area is 87.2 Å². The molecule has 1 aromatic rings. The first kappa shape index (κ1) is 11.3. The summed E-state index contributed by atoms with van der Waals surface area (Å²) in [6, 6.07) is 2.44. The lowest BCUT2D eigenvalue weighted by Gasteiger charge is -2.14. The third-order valence-corrected chi connectivity index (χ3v) is 2.32. The van der Waals surface area contributed by atoms with E-state index in [2.05, 4.69) is 15.9 Å². The third-order valence-electron chi connectivity index (χ3n) is 1.70. The van der Waals surface area contributed by atoms with E-state index in [0.717, 1.165) is 0 Å². The van der Waals surface area contributed by atoms with Crippen molar-refractivity contribution in [2.45, 2.75) is 12.7 Å². The number of nitrogens with two attached hydrogens (primary N) is 2. The van der Waals surface area contributed by atoms with Gasteiger partial charge in [0, 0.05) is 16.7 Å². The second-order valence-electron chi connectivity index (χ2n) is 2.74. The minimum absolute atomic E-state index is 0.00984. The van der Waals surface area contributed by atoms with E-state index in [0.29, 0.717) is 0 Å². The zero-order valence-electron chi connectivity index (χ0n) is 7.03. The van der Waals surface area contributed by atoms with Crippen LogP contribution in [0.4, 0.5) is 18.9 Å². The molecular weight excluding hydrogens is 261 g/mol. The van der Waals surface area contributed by atoms with Gasteiger partial charge in [0.25, 0.3) is 0 Å². The first-order valence-corrected chi connectivity index (χ1v) is 4.50. The van der Waals surface area contributed by atoms with E-state index >= 15 is 0 Å². The lowest BCUT2D eigenvalue weighted by Crippen LogP contribution is -2.13. The molecule has 6 heteroatoms. The predicted octanol–water partition coefficient (Wildman–Crippen LogP) is 2.51. The van der Waals surface area contributed by atoms with Crippen molar-refractivity contribution in [3.05, 3.63) is 27.7 Å². The molecule has 0 aliphatic carbocycles. The van der Waals surface area contributed by atoms with Gasteiger partial charge < -0.3 is 11.5 Å². The van der Waals surface area contributed by atoms with Gasteiger partial charge in [-0.1, -0.05) is 15.9 Å². The summed E-state index contributed by atoms with van der Waals surface area (Å²) in [7, 11) is 0. The maximum atomic E-state index is 12.5. The van der Waals surface area contributed by atoms with Crippen molar-refractivity contribution in [2.24, 2.45) is 5.73 Å². The van der Waals surface area contributed by atoms with Crippen molar-refractivity contribution in [1.29, 1.82) is 0 Å². The van der Waals surface area contributed by atoms with Crippen LogP contribution in [-0.2, 0) is 12.7 Å². The fourth-order valence-electron chi connectivity index (χ4n) is 1.17. The van der Waals surface area contributed by atoms with Gasteiger partial charge in [0.15, 0.2) is 0 Å². The number of alkyl halides is 3. The number of hydrogen-bond donors (Lipinski definition) is 2. The zero-order valence-corrected chi connectivity index (χ0v) is 8.61. The molecule has 1 aromatic carbocycles. The van der Waals surface area contributed by atoms with Gasteiger partial charge in [0.1, 0.15) is 0 Å². The molecule has 78 valence electrons. The van der Waals surface area contributed by atoms with E-state index in [-0.39, 0.29) is 22.3 Å². The van der Waals surface area contributed by atoms with Crippen LogP contribution in [0.3, 0.4) is 0 Å². The molecule has 0 fully saturated rings. The van der Waals surface area contributed by atoms with Crippen molar-refractivity contribution in [2.75, 3.05) is 5.73 Å². The maximum absolute atomic E-state index is 12.5. The van der Waals surface area contributed by atoms with E-state index in [9.17, 15) is 13.2 Å². The molecule has 0 radical (unpaired) electrons. The normalized spacial score (nSPS) is 11.8. The Hall–Kier alpha value is -0.750. The molecule has 0 saturated carbocycles. The Kier molecular flexibility index (Phi) is 3.06. The molecule has 0 atom stereocenters. The van der Waals surface area contributed by atoms with Gasteiger partial charge in [-0.05, 0) is 17.7 Å². The Bertz CT molecular complexity index is 349. The Morgan fingerprint density at radius 1 is 1.29 bits per heavy atom. The van der Waals surface area contributed by atoms with Gasteiger partial charge in [0.05, 0.1) is 5.56 Å². The summed E-state index contributed by atoms with van der Waals surface area (Å²) in [6.45, 7) is -0.196. The van der Waals surface area contributed by atoms with Crippen molar-refractivity contribution < 1.29 is 13.2 Å². The van der Waals surface area contributed by atoms with E-state index < -0.39 is 11.7 Å². The van der Waals surface area contributed by atoms with Crippen molar-refractivity contribution in [1.82, 2.24) is 0 Å². The first-order valence-electron chi connectivity index (χ1n) is 3.71. The van der Waals surface area contributed by atoms with Gasteiger partial charge in [-0.25, -0.2) is 0 Å². The highest BCUT2D eigenvalue weighted by molar-refractivity contribution is 9.10. The van der Waals surface area contributed by atoms with Crippen LogP contribution >= 0.6 is 15.9 Å². The summed E-state index contributed by atoms with van der Waals surface area (Å²) in [4.78, 5) is 0. The van der Waals surface area contributed by atoms with Gasteiger partial charge in [0.2, 0.25) is 0 Å². The molecule has 0 bridgehead atoms. The summed E-state index contributed by atoms with van der Waals surface area (Å²) in [5.74, 6) is 0. The Morgan fingerprint density at radius 3 is 2.29 bits per heavy atom. The number of anilines is 1. The first-order chi connectivity index (χ1) is 6.36. The zero-order chi connectivity index (χ0) is 10.9. The van der Waals surface area contributed by atoms with Gasteiger partial charge >= 0.3 is 6.18 Å². The number of halogens is 4. The molecule has 0 heterocycles. The Balaban J connectivity index is 3.40. The van der Waals surface area contributed by atoms with Crippen LogP contribution in [0, 0.1) is 0 Å². The number of nitrogen functional groups attached to an aromatic ring is 1. The molecule has 0 aliphatic rings. The molecule has 4 N–H and O–H groups in total. The van der Waals surface area contributed by atoms with Gasteiger partial charge in [-0.15, -0.1) is 0 Å². The van der Waals surface area contributed by atoms with Crippen LogP contribution in [0.25, 0.3) is 0 Å². The summed E-state index contributed by atoms with van der Waals surface area (Å²) in [6.07, 6.45) is -4.42. The van der Waals surface area contributed by atoms with E-state index in [1.165, 1.54) is 12.1 Å². The average Bonchev–Trinajstić information content (AvgIpc) is 1.99. The molecule has 0 spiro atoms. The lowest BCUT2D eigenvalue weighted by molar-refractivity contribution is -0.138. The van der Waals surface area contributed by atoms with Crippen LogP contribution in [0.1, 0.15) is 11.1 Å². The minimum Gasteiger partial charge on any atom is -0.399 e.